The van der Waals surface area contributed by atoms with E-state index in [4.69, 9.17) is 4.74 Å². The minimum absolute atomic E-state index is 0.271. The van der Waals surface area contributed by atoms with Gasteiger partial charge in [-0.3, -0.25) is 0 Å². The Morgan fingerprint density at radius 1 is 1.55 bits per heavy atom. The maximum Gasteiger partial charge on any atom is 0.330 e. The van der Waals surface area contributed by atoms with Crippen molar-refractivity contribution in [1.82, 2.24) is 0 Å². The average molecular weight is 154 g/mol. The predicted molar refractivity (Wildman–Crippen MR) is 37.8 cm³/mol. The number of aliphatic hydroxyl groups excluding tert-OH is 1. The summed E-state index contributed by atoms with van der Waals surface area (Å²) in [6, 6.07) is 0. The monoisotopic (exact) mass is 154 g/mol. The van der Waals surface area contributed by atoms with Crippen LogP contribution in [-0.4, -0.2) is 23.3 Å². The zero-order chi connectivity index (χ0) is 7.84. The van der Waals surface area contributed by atoms with Crippen molar-refractivity contribution in [3.63, 3.8) is 0 Å². The summed E-state index contributed by atoms with van der Waals surface area (Å²) in [6.07, 6.45) is 4.08. The van der Waals surface area contributed by atoms with Crippen molar-refractivity contribution in [2.75, 3.05) is 0 Å². The zero-order valence-corrected chi connectivity index (χ0v) is 6.06. The van der Waals surface area contributed by atoms with Crippen LogP contribution in [0.4, 0.5) is 0 Å². The average Bonchev–Trinajstić information content (AvgIpc) is 2.76. The van der Waals surface area contributed by atoms with Crippen LogP contribution in [0.5, 0.6) is 0 Å². The van der Waals surface area contributed by atoms with Gasteiger partial charge in [-0.25, -0.2) is 4.79 Å². The Balaban J connectivity index is 2.08. The van der Waals surface area contributed by atoms with Crippen molar-refractivity contribution in [2.45, 2.75) is 25.0 Å². The largest absolute Gasteiger partial charge is 0.456 e. The van der Waals surface area contributed by atoms with Gasteiger partial charge in [-0.1, -0.05) is 0 Å². The highest BCUT2D eigenvalue weighted by Crippen LogP contribution is 2.37. The number of cyclic esters (lactones) is 1. The Hall–Kier alpha value is -0.830. The molecule has 0 aromatic rings. The molecule has 0 radical (unpaired) electrons. The van der Waals surface area contributed by atoms with Crippen LogP contribution in [-0.2, 0) is 9.53 Å². The minimum atomic E-state index is -0.583. The van der Waals surface area contributed by atoms with Gasteiger partial charge in [-0.2, -0.15) is 0 Å². The smallest absolute Gasteiger partial charge is 0.330 e. The lowest BCUT2D eigenvalue weighted by molar-refractivity contribution is -0.151. The third-order valence-electron chi connectivity index (χ3n) is 2.10. The maximum absolute atomic E-state index is 10.7. The molecule has 1 aliphatic heterocycles. The van der Waals surface area contributed by atoms with Gasteiger partial charge in [0.25, 0.3) is 0 Å². The van der Waals surface area contributed by atoms with Crippen LogP contribution < -0.4 is 0 Å². The molecular formula is C8H10O3. The van der Waals surface area contributed by atoms with E-state index >= 15 is 0 Å². The van der Waals surface area contributed by atoms with Gasteiger partial charge < -0.3 is 9.84 Å². The van der Waals surface area contributed by atoms with Gasteiger partial charge >= 0.3 is 5.97 Å². The predicted octanol–water partition coefficient (Wildman–Crippen LogP) is 0.239. The Bertz CT molecular complexity index is 205. The Labute approximate surface area is 64.7 Å². The number of esters is 1. The molecule has 0 amide bonds. The highest BCUT2D eigenvalue weighted by Gasteiger charge is 2.39. The lowest BCUT2D eigenvalue weighted by Gasteiger charge is -2.22. The molecule has 0 aromatic carbocycles. The van der Waals surface area contributed by atoms with Crippen LogP contribution in [0.2, 0.25) is 0 Å². The van der Waals surface area contributed by atoms with E-state index in [0.717, 1.165) is 12.8 Å². The second kappa shape index (κ2) is 2.34. The van der Waals surface area contributed by atoms with Crippen LogP contribution >= 0.6 is 0 Å². The topological polar surface area (TPSA) is 46.5 Å². The van der Waals surface area contributed by atoms with Crippen LogP contribution in [0, 0.1) is 5.92 Å². The number of rotatable bonds is 1. The Morgan fingerprint density at radius 2 is 2.27 bits per heavy atom. The van der Waals surface area contributed by atoms with Crippen LogP contribution in [0.25, 0.3) is 0 Å². The third-order valence-corrected chi connectivity index (χ3v) is 2.10. The van der Waals surface area contributed by atoms with Gasteiger partial charge in [-0.05, 0) is 24.8 Å². The first kappa shape index (κ1) is 6.85. The number of ether oxygens (including phenoxy) is 1. The van der Waals surface area contributed by atoms with E-state index in [1.165, 1.54) is 12.2 Å². The number of hydrogen-bond acceptors (Lipinski definition) is 3. The fraction of sp³-hybridized carbons (Fsp3) is 0.625. The van der Waals surface area contributed by atoms with Crippen molar-refractivity contribution >= 4 is 5.97 Å². The molecule has 60 valence electrons. The lowest BCUT2D eigenvalue weighted by Crippen LogP contribution is -2.34. The first-order chi connectivity index (χ1) is 5.27. The van der Waals surface area contributed by atoms with Crippen molar-refractivity contribution in [3.05, 3.63) is 12.2 Å². The fourth-order valence-electron chi connectivity index (χ4n) is 1.33. The number of hydrogen-bond donors (Lipinski definition) is 1. The molecule has 0 spiro atoms. The zero-order valence-electron chi connectivity index (χ0n) is 6.06. The lowest BCUT2D eigenvalue weighted by atomic mass is 10.1. The summed E-state index contributed by atoms with van der Waals surface area (Å²) in [6.45, 7) is 0. The molecule has 0 unspecified atom stereocenters. The van der Waals surface area contributed by atoms with E-state index in [0.29, 0.717) is 5.92 Å². The molecule has 0 aromatic heterocycles. The standard InChI is InChI=1S/C8H10O3/c9-6-3-4-7(10)11-8(6)5-1-2-5/h3-6,8-9H,1-2H2/t6-,8-/m1/s1. The van der Waals surface area contributed by atoms with E-state index in [9.17, 15) is 9.90 Å². The summed E-state index contributed by atoms with van der Waals surface area (Å²) in [5.41, 5.74) is 0. The van der Waals surface area contributed by atoms with Crippen LogP contribution in [0.3, 0.4) is 0 Å². The van der Waals surface area contributed by atoms with Gasteiger partial charge in [0.2, 0.25) is 0 Å². The molecule has 3 nitrogen and oxygen atoms in total. The van der Waals surface area contributed by atoms with E-state index < -0.39 is 6.10 Å². The first-order valence-corrected chi connectivity index (χ1v) is 3.84. The molecule has 11 heavy (non-hydrogen) atoms. The van der Waals surface area contributed by atoms with E-state index in [-0.39, 0.29) is 12.1 Å². The van der Waals surface area contributed by atoms with Crippen molar-refractivity contribution in [3.8, 4) is 0 Å². The van der Waals surface area contributed by atoms with Gasteiger partial charge in [0.15, 0.2) is 0 Å². The van der Waals surface area contributed by atoms with Gasteiger partial charge in [-0.15, -0.1) is 0 Å². The first-order valence-electron chi connectivity index (χ1n) is 3.84. The molecule has 2 rings (SSSR count). The van der Waals surface area contributed by atoms with Crippen LogP contribution in [0.1, 0.15) is 12.8 Å². The Kier molecular flexibility index (Phi) is 1.46. The minimum Gasteiger partial charge on any atom is -0.456 e. The maximum atomic E-state index is 10.7. The van der Waals surface area contributed by atoms with Crippen molar-refractivity contribution in [1.29, 1.82) is 0 Å². The molecule has 0 bridgehead atoms. The quantitative estimate of drug-likeness (QED) is 0.550. The van der Waals surface area contributed by atoms with Crippen molar-refractivity contribution in [2.24, 2.45) is 5.92 Å². The molecule has 1 aliphatic carbocycles. The summed E-state index contributed by atoms with van der Waals surface area (Å²) >= 11 is 0. The van der Waals surface area contributed by atoms with E-state index in [2.05, 4.69) is 0 Å². The summed E-state index contributed by atoms with van der Waals surface area (Å²) in [4.78, 5) is 10.7. The van der Waals surface area contributed by atoms with Gasteiger partial charge in [0.1, 0.15) is 12.2 Å². The van der Waals surface area contributed by atoms with E-state index in [1.807, 2.05) is 0 Å². The van der Waals surface area contributed by atoms with Crippen LogP contribution in [0.15, 0.2) is 12.2 Å². The molecule has 2 atom stereocenters. The summed E-state index contributed by atoms with van der Waals surface area (Å²) < 4.78 is 4.95. The number of carbonyl (C=O) groups is 1. The second-order valence-corrected chi connectivity index (χ2v) is 3.09. The SMILES string of the molecule is O=C1C=C[C@@H](O)[C@@H](C2CC2)O1. The third kappa shape index (κ3) is 1.28. The van der Waals surface area contributed by atoms with E-state index in [1.54, 1.807) is 0 Å². The number of carbonyl (C=O) groups excluding carboxylic acids is 1. The molecule has 1 heterocycles. The molecule has 1 N–H and O–H groups in total. The highest BCUT2D eigenvalue weighted by molar-refractivity contribution is 5.83. The highest BCUT2D eigenvalue weighted by atomic mass is 16.6. The summed E-state index contributed by atoms with van der Waals surface area (Å²) in [5, 5.41) is 9.33. The molecule has 0 saturated heterocycles. The molecule has 1 fully saturated rings. The summed E-state index contributed by atoms with van der Waals surface area (Å²) in [7, 11) is 0. The molecule has 2 aliphatic rings. The molecule has 1 saturated carbocycles. The molecular weight excluding hydrogens is 144 g/mol. The second-order valence-electron chi connectivity index (χ2n) is 3.09. The normalized spacial score (nSPS) is 37.0. The summed E-state index contributed by atoms with van der Waals surface area (Å²) in [5.74, 6) is 0.0751. The van der Waals surface area contributed by atoms with Gasteiger partial charge in [0.05, 0.1) is 0 Å². The fourth-order valence-corrected chi connectivity index (χ4v) is 1.33. The Morgan fingerprint density at radius 3 is 2.91 bits per heavy atom. The molecule has 3 heteroatoms. The van der Waals surface area contributed by atoms with Gasteiger partial charge in [0, 0.05) is 6.08 Å². The van der Waals surface area contributed by atoms with Crippen molar-refractivity contribution < 1.29 is 14.6 Å². The number of aliphatic hydroxyl groups is 1.